The smallest absolute Gasteiger partial charge is 0.248 e. The fourth-order valence-corrected chi connectivity index (χ4v) is 7.16. The van der Waals surface area contributed by atoms with Crippen molar-refractivity contribution in [1.82, 2.24) is 30.4 Å². The van der Waals surface area contributed by atoms with Crippen molar-refractivity contribution in [3.05, 3.63) is 82.2 Å². The first-order valence-corrected chi connectivity index (χ1v) is 15.3. The van der Waals surface area contributed by atoms with Crippen LogP contribution in [0.25, 0.3) is 5.70 Å². The molecule has 5 atom stereocenters. The average molecular weight is 596 g/mol. The zero-order valence-corrected chi connectivity index (χ0v) is 25.9. The Bertz CT molecular complexity index is 1570. The molecule has 2 heterocycles. The normalized spacial score (nSPS) is 23.5. The van der Waals surface area contributed by atoms with Crippen LogP contribution in [0.1, 0.15) is 84.0 Å². The largest absolute Gasteiger partial charge is 0.399 e. The lowest BCUT2D eigenvalue weighted by atomic mass is 9.67. The summed E-state index contributed by atoms with van der Waals surface area (Å²) in [4.78, 5) is 27.2. The van der Waals surface area contributed by atoms with Gasteiger partial charge in [-0.1, -0.05) is 38.6 Å². The number of aryl methyl sites for hydroxylation is 3. The van der Waals surface area contributed by atoms with E-state index in [0.717, 1.165) is 40.7 Å². The summed E-state index contributed by atoms with van der Waals surface area (Å²) >= 11 is 0. The maximum absolute atomic E-state index is 13.3. The van der Waals surface area contributed by atoms with Crippen LogP contribution in [-0.2, 0) is 30.1 Å². The lowest BCUT2D eigenvalue weighted by Crippen LogP contribution is -2.46. The van der Waals surface area contributed by atoms with Crippen LogP contribution in [0, 0.1) is 17.2 Å². The first-order valence-electron chi connectivity index (χ1n) is 15.3. The second-order valence-electron chi connectivity index (χ2n) is 11.9. The SMILES string of the molecule is C=C(N)c1ccc2c(c1)CCc1cc(C(N)=O)ccc1C2(CC(C)NCC(=O)N1C(C#N)C[C@@H]2CC21)c1nnnn1C.CC. The van der Waals surface area contributed by atoms with Gasteiger partial charge in [-0.25, -0.2) is 4.68 Å². The van der Waals surface area contributed by atoms with Crippen LogP contribution in [0.2, 0.25) is 0 Å². The molecule has 0 bridgehead atoms. The predicted molar refractivity (Wildman–Crippen MR) is 167 cm³/mol. The van der Waals surface area contributed by atoms with Gasteiger partial charge in [0.25, 0.3) is 0 Å². The Balaban J connectivity index is 0.00000188. The van der Waals surface area contributed by atoms with Gasteiger partial charge in [-0.2, -0.15) is 5.26 Å². The number of carbonyl (C=O) groups is 2. The van der Waals surface area contributed by atoms with E-state index in [0.29, 0.717) is 42.3 Å². The zero-order valence-electron chi connectivity index (χ0n) is 25.9. The van der Waals surface area contributed by atoms with E-state index >= 15 is 0 Å². The highest BCUT2D eigenvalue weighted by Gasteiger charge is 2.54. The summed E-state index contributed by atoms with van der Waals surface area (Å²) < 4.78 is 1.68. The minimum atomic E-state index is -0.829. The van der Waals surface area contributed by atoms with E-state index in [-0.39, 0.29) is 30.6 Å². The lowest BCUT2D eigenvalue weighted by molar-refractivity contribution is -0.131. The third kappa shape index (κ3) is 5.35. The molecular formula is C33H41N9O2. The van der Waals surface area contributed by atoms with E-state index in [2.05, 4.69) is 45.6 Å². The Kier molecular flexibility index (Phi) is 8.57. The van der Waals surface area contributed by atoms with Gasteiger partial charge >= 0.3 is 0 Å². The molecule has 3 aromatic rings. The topological polar surface area (TPSA) is 169 Å². The molecular weight excluding hydrogens is 554 g/mol. The van der Waals surface area contributed by atoms with Crippen LogP contribution in [0.15, 0.2) is 43.0 Å². The van der Waals surface area contributed by atoms with Gasteiger partial charge in [0, 0.05) is 30.4 Å². The van der Waals surface area contributed by atoms with Gasteiger partial charge in [-0.3, -0.25) is 9.59 Å². The molecule has 1 saturated carbocycles. The number of hydrogen-bond donors (Lipinski definition) is 3. The molecule has 3 aliphatic rings. The lowest BCUT2D eigenvalue weighted by Gasteiger charge is -2.37. The Morgan fingerprint density at radius 1 is 1.11 bits per heavy atom. The molecule has 11 nitrogen and oxygen atoms in total. The number of nitrogens with two attached hydrogens (primary N) is 2. The van der Waals surface area contributed by atoms with Gasteiger partial charge in [0.1, 0.15) is 6.04 Å². The summed E-state index contributed by atoms with van der Waals surface area (Å²) in [6.45, 7) is 10.1. The minimum absolute atomic E-state index is 0.0494. The number of primary amides is 1. The Morgan fingerprint density at radius 3 is 2.32 bits per heavy atom. The van der Waals surface area contributed by atoms with Crippen molar-refractivity contribution in [3.8, 4) is 6.07 Å². The molecule has 6 rings (SSSR count). The van der Waals surface area contributed by atoms with Gasteiger partial charge in [0.2, 0.25) is 11.8 Å². The predicted octanol–water partition coefficient (Wildman–Crippen LogP) is 2.58. The van der Waals surface area contributed by atoms with E-state index in [9.17, 15) is 14.9 Å². The van der Waals surface area contributed by atoms with Crippen molar-refractivity contribution in [3.63, 3.8) is 0 Å². The van der Waals surface area contributed by atoms with Crippen LogP contribution >= 0.6 is 0 Å². The molecule has 2 aliphatic carbocycles. The molecule has 0 radical (unpaired) electrons. The third-order valence-corrected chi connectivity index (χ3v) is 9.21. The molecule has 1 aliphatic heterocycles. The number of amides is 2. The fourth-order valence-electron chi connectivity index (χ4n) is 7.16. The Morgan fingerprint density at radius 2 is 1.75 bits per heavy atom. The quantitative estimate of drug-likeness (QED) is 0.357. The average Bonchev–Trinajstić information content (AvgIpc) is 3.52. The molecule has 230 valence electrons. The van der Waals surface area contributed by atoms with Crippen molar-refractivity contribution < 1.29 is 9.59 Å². The van der Waals surface area contributed by atoms with Crippen molar-refractivity contribution in [2.24, 2.45) is 24.4 Å². The number of tetrazole rings is 1. The molecule has 1 aromatic heterocycles. The van der Waals surface area contributed by atoms with E-state index in [4.69, 9.17) is 11.5 Å². The number of benzene rings is 2. The van der Waals surface area contributed by atoms with Crippen LogP contribution in [0.4, 0.5) is 0 Å². The summed E-state index contributed by atoms with van der Waals surface area (Å²) in [5.41, 5.74) is 16.8. The van der Waals surface area contributed by atoms with E-state index < -0.39 is 11.3 Å². The third-order valence-electron chi connectivity index (χ3n) is 9.21. The van der Waals surface area contributed by atoms with Crippen LogP contribution in [0.3, 0.4) is 0 Å². The summed E-state index contributed by atoms with van der Waals surface area (Å²) in [7, 11) is 1.82. The molecule has 2 amide bonds. The Labute approximate surface area is 258 Å². The molecule has 1 saturated heterocycles. The molecule has 0 spiro atoms. The number of nitrogens with zero attached hydrogens (tertiary/aromatic N) is 6. The highest BCUT2D eigenvalue weighted by molar-refractivity contribution is 5.93. The molecule has 2 aromatic carbocycles. The van der Waals surface area contributed by atoms with Gasteiger partial charge in [-0.15, -0.1) is 5.10 Å². The van der Waals surface area contributed by atoms with E-state index in [1.165, 1.54) is 0 Å². The number of carbonyl (C=O) groups excluding carboxylic acids is 2. The summed E-state index contributed by atoms with van der Waals surface area (Å²) in [6, 6.07) is 13.7. The van der Waals surface area contributed by atoms with Crippen molar-refractivity contribution >= 4 is 17.5 Å². The van der Waals surface area contributed by atoms with Crippen molar-refractivity contribution in [1.29, 1.82) is 5.26 Å². The number of nitriles is 1. The van der Waals surface area contributed by atoms with Crippen molar-refractivity contribution in [2.45, 2.75) is 76.4 Å². The molecule has 5 N–H and O–H groups in total. The number of hydrogen-bond acceptors (Lipinski definition) is 8. The van der Waals surface area contributed by atoms with Crippen LogP contribution < -0.4 is 16.8 Å². The van der Waals surface area contributed by atoms with E-state index in [1.807, 2.05) is 46.0 Å². The standard InChI is InChI=1S/C31H35N9O2.C2H6/c1-17(35-16-28(41)40-24(15-32)12-23-13-27(23)40)14-31(30-36-37-38-39(30)3)25-8-6-19(18(2)33)10-20(25)4-5-21-11-22(29(34)42)7-9-26(21)31;1-2/h6-11,17,23-24,27,35H,2,4-5,12-14,16,33H2,1,3H3,(H2,34,42);1-2H3/t17?,23-,24?,27?,31?;/m1./s1. The summed E-state index contributed by atoms with van der Waals surface area (Å²) in [5, 5.41) is 25.8. The van der Waals surface area contributed by atoms with Crippen molar-refractivity contribution in [2.75, 3.05) is 6.54 Å². The van der Waals surface area contributed by atoms with Gasteiger partial charge in [0.15, 0.2) is 5.82 Å². The molecule has 44 heavy (non-hydrogen) atoms. The summed E-state index contributed by atoms with van der Waals surface area (Å²) in [6.07, 6.45) is 3.64. The molecule has 4 unspecified atom stereocenters. The summed E-state index contributed by atoms with van der Waals surface area (Å²) in [5.74, 6) is 0.562. The first-order chi connectivity index (χ1) is 21.1. The van der Waals surface area contributed by atoms with Crippen LogP contribution in [0.5, 0.6) is 0 Å². The number of aromatic nitrogens is 4. The van der Waals surface area contributed by atoms with Crippen LogP contribution in [-0.4, -0.2) is 61.6 Å². The fraction of sp³-hybridized carbons (Fsp3) is 0.455. The second kappa shape index (κ2) is 12.2. The number of piperidine rings is 1. The van der Waals surface area contributed by atoms with Gasteiger partial charge in [-0.05, 0) is 101 Å². The van der Waals surface area contributed by atoms with Gasteiger partial charge in [0.05, 0.1) is 18.0 Å². The maximum Gasteiger partial charge on any atom is 0.248 e. The highest BCUT2D eigenvalue weighted by Crippen LogP contribution is 2.49. The zero-order chi connectivity index (χ0) is 31.8. The highest BCUT2D eigenvalue weighted by atomic mass is 16.2. The monoisotopic (exact) mass is 595 g/mol. The number of fused-ring (bicyclic) bond motifs is 3. The van der Waals surface area contributed by atoms with Gasteiger partial charge < -0.3 is 21.7 Å². The van der Waals surface area contributed by atoms with E-state index in [1.54, 1.807) is 15.6 Å². The number of nitrogens with one attached hydrogen (secondary N) is 1. The second-order valence-corrected chi connectivity index (χ2v) is 11.9. The first kappa shape index (κ1) is 30.9. The number of likely N-dealkylation sites (tertiary alicyclic amines) is 1. The Hall–Kier alpha value is -4.56. The minimum Gasteiger partial charge on any atom is -0.399 e. The number of rotatable bonds is 8. The maximum atomic E-state index is 13.3. The molecule has 11 heteroatoms. The molecule has 2 fully saturated rings.